The lowest BCUT2D eigenvalue weighted by molar-refractivity contribution is 0.210. The van der Waals surface area contributed by atoms with Gasteiger partial charge in [-0.1, -0.05) is 96.6 Å². The van der Waals surface area contributed by atoms with Crippen molar-refractivity contribution in [2.24, 2.45) is 0 Å². The number of hydrogen-bond acceptors (Lipinski definition) is 6. The van der Waals surface area contributed by atoms with Crippen LogP contribution in [0, 0.1) is 6.92 Å². The van der Waals surface area contributed by atoms with E-state index in [1.807, 2.05) is 46.4 Å². The van der Waals surface area contributed by atoms with Crippen LogP contribution in [0.5, 0.6) is 0 Å². The van der Waals surface area contributed by atoms with Crippen LogP contribution in [0.4, 0.5) is 22.7 Å². The van der Waals surface area contributed by atoms with Crippen LogP contribution >= 0.6 is 0 Å². The van der Waals surface area contributed by atoms with Crippen LogP contribution in [0.1, 0.15) is 56.9 Å². The van der Waals surface area contributed by atoms with E-state index < -0.39 is 17.2 Å². The summed E-state index contributed by atoms with van der Waals surface area (Å²) in [6.07, 6.45) is -0.573. The average molecular weight is 751 g/mol. The molecule has 0 amide bonds. The highest BCUT2D eigenvalue weighted by Gasteiger charge is 2.32. The van der Waals surface area contributed by atoms with Crippen LogP contribution in [0.3, 0.4) is 0 Å². The predicted octanol–water partition coefficient (Wildman–Crippen LogP) is 10.1. The third kappa shape index (κ3) is 9.13. The Morgan fingerprint density at radius 2 is 0.836 bits per heavy atom. The van der Waals surface area contributed by atoms with Gasteiger partial charge in [0.15, 0.2) is 11.1 Å². The van der Waals surface area contributed by atoms with Gasteiger partial charge in [-0.05, 0) is 94.9 Å². The first-order valence-corrected chi connectivity index (χ1v) is 19.8. The number of anilines is 4. The smallest absolute Gasteiger partial charge is 0.190 e. The highest BCUT2D eigenvalue weighted by molar-refractivity contribution is 7.80. The van der Waals surface area contributed by atoms with Crippen molar-refractivity contribution in [3.63, 3.8) is 0 Å². The number of aryl methyl sites for hydroxylation is 1. The van der Waals surface area contributed by atoms with Gasteiger partial charge in [0.2, 0.25) is 0 Å². The van der Waals surface area contributed by atoms with Gasteiger partial charge in [0.1, 0.15) is 6.10 Å². The molecular formula is C48H54N4O2S. The second kappa shape index (κ2) is 17.4. The van der Waals surface area contributed by atoms with Gasteiger partial charge < -0.3 is 19.6 Å². The Hall–Kier alpha value is -5.37. The zero-order chi connectivity index (χ0) is 39.2. The summed E-state index contributed by atoms with van der Waals surface area (Å²) in [7, 11) is 16.4. The molecule has 7 heteroatoms. The van der Waals surface area contributed by atoms with E-state index in [1.54, 1.807) is 0 Å². The summed E-state index contributed by atoms with van der Waals surface area (Å²) in [4.78, 5) is 9.05. The molecule has 6 nitrogen and oxygen atoms in total. The van der Waals surface area contributed by atoms with Crippen LogP contribution in [0.25, 0.3) is 0 Å². The summed E-state index contributed by atoms with van der Waals surface area (Å²) in [5, 5.41) is 0. The van der Waals surface area contributed by atoms with Gasteiger partial charge in [0.25, 0.3) is 0 Å². The molecule has 0 heterocycles. The zero-order valence-corrected chi connectivity index (χ0v) is 34.4. The summed E-state index contributed by atoms with van der Waals surface area (Å²) in [5.74, 6) is -0.426. The molecule has 6 aromatic carbocycles. The third-order valence-electron chi connectivity index (χ3n) is 10.3. The van der Waals surface area contributed by atoms with E-state index in [1.165, 1.54) is 0 Å². The average Bonchev–Trinajstić information content (AvgIpc) is 3.19. The van der Waals surface area contributed by atoms with E-state index in [9.17, 15) is 0 Å². The summed E-state index contributed by atoms with van der Waals surface area (Å²) < 4.78 is 22.2. The van der Waals surface area contributed by atoms with E-state index >= 15 is 4.21 Å². The first-order valence-electron chi connectivity index (χ1n) is 18.7. The van der Waals surface area contributed by atoms with Gasteiger partial charge in [0, 0.05) is 91.0 Å². The van der Waals surface area contributed by atoms with Gasteiger partial charge in [-0.25, -0.2) is 4.21 Å². The van der Waals surface area contributed by atoms with E-state index in [-0.39, 0.29) is 11.8 Å². The molecule has 0 aliphatic carbocycles. The van der Waals surface area contributed by atoms with Crippen molar-refractivity contribution < 1.29 is 8.39 Å². The minimum absolute atomic E-state index is 0.184. The molecule has 0 aromatic heterocycles. The fraction of sp³-hybridized carbons (Fsp3) is 0.250. The molecule has 0 saturated carbocycles. The number of benzene rings is 6. The SMILES string of the molecule is Cc1ccc(S(=O)OC(c2ccc(N(C)C)cc2)C(c2ccccc2)c2ccc(N(C)C)cc2)c(C(c2ccc(N(C)C)cc2)c2ccc(N(C)C)cc2)c1. The lowest BCUT2D eigenvalue weighted by atomic mass is 9.83. The van der Waals surface area contributed by atoms with E-state index in [0.717, 1.165) is 61.7 Å². The maximum Gasteiger partial charge on any atom is 0.190 e. The van der Waals surface area contributed by atoms with Crippen LogP contribution in [-0.2, 0) is 15.3 Å². The molecule has 0 N–H and O–H groups in total. The summed E-state index contributed by atoms with van der Waals surface area (Å²) >= 11 is -1.85. The molecule has 0 spiro atoms. The molecule has 0 aliphatic heterocycles. The highest BCUT2D eigenvalue weighted by atomic mass is 32.2. The quantitative estimate of drug-likeness (QED) is 0.103. The summed E-state index contributed by atoms with van der Waals surface area (Å²) in [5.41, 5.74) is 11.8. The molecule has 0 fully saturated rings. The second-order valence-corrected chi connectivity index (χ2v) is 16.2. The van der Waals surface area contributed by atoms with Crippen molar-refractivity contribution >= 4 is 33.8 Å². The van der Waals surface area contributed by atoms with Crippen molar-refractivity contribution in [3.8, 4) is 0 Å². The summed E-state index contributed by atoms with van der Waals surface area (Å²) in [6.45, 7) is 2.09. The maximum atomic E-state index is 15.2. The van der Waals surface area contributed by atoms with Crippen LogP contribution in [-0.4, -0.2) is 60.6 Å². The van der Waals surface area contributed by atoms with Crippen molar-refractivity contribution in [3.05, 3.63) is 185 Å². The molecule has 0 radical (unpaired) electrons. The number of hydrogen-bond donors (Lipinski definition) is 0. The van der Waals surface area contributed by atoms with Crippen molar-refractivity contribution in [2.45, 2.75) is 29.8 Å². The molecule has 0 saturated heterocycles. The Bertz CT molecular complexity index is 2110. The van der Waals surface area contributed by atoms with Crippen molar-refractivity contribution in [2.75, 3.05) is 76.0 Å². The summed E-state index contributed by atoms with van der Waals surface area (Å²) in [6, 6.07) is 51.0. The lowest BCUT2D eigenvalue weighted by Gasteiger charge is -2.30. The predicted molar refractivity (Wildman–Crippen MR) is 234 cm³/mol. The van der Waals surface area contributed by atoms with Crippen molar-refractivity contribution in [1.29, 1.82) is 0 Å². The Morgan fingerprint density at radius 1 is 0.455 bits per heavy atom. The van der Waals surface area contributed by atoms with Crippen molar-refractivity contribution in [1.82, 2.24) is 0 Å². The maximum absolute atomic E-state index is 15.2. The molecule has 3 unspecified atom stereocenters. The van der Waals surface area contributed by atoms with Gasteiger partial charge in [-0.15, -0.1) is 0 Å². The van der Waals surface area contributed by atoms with E-state index in [2.05, 4.69) is 182 Å². The van der Waals surface area contributed by atoms with Crippen LogP contribution < -0.4 is 19.6 Å². The van der Waals surface area contributed by atoms with Gasteiger partial charge >= 0.3 is 0 Å². The molecule has 6 rings (SSSR count). The molecule has 284 valence electrons. The molecule has 3 atom stereocenters. The Balaban J connectivity index is 1.50. The van der Waals surface area contributed by atoms with Crippen LogP contribution in [0.15, 0.2) is 150 Å². The van der Waals surface area contributed by atoms with E-state index in [4.69, 9.17) is 4.18 Å². The fourth-order valence-electron chi connectivity index (χ4n) is 7.12. The van der Waals surface area contributed by atoms with Gasteiger partial charge in [-0.3, -0.25) is 4.18 Å². The number of nitrogens with zero attached hydrogens (tertiary/aromatic N) is 4. The second-order valence-electron chi connectivity index (χ2n) is 15.1. The van der Waals surface area contributed by atoms with Gasteiger partial charge in [-0.2, -0.15) is 0 Å². The minimum atomic E-state index is -1.85. The Labute approximate surface area is 331 Å². The molecular weight excluding hydrogens is 697 g/mol. The fourth-order valence-corrected chi connectivity index (χ4v) is 8.18. The Kier molecular flexibility index (Phi) is 12.4. The van der Waals surface area contributed by atoms with Gasteiger partial charge in [0.05, 0.1) is 4.90 Å². The minimum Gasteiger partial charge on any atom is -0.378 e. The third-order valence-corrected chi connectivity index (χ3v) is 11.4. The topological polar surface area (TPSA) is 39.3 Å². The normalized spacial score (nSPS) is 12.9. The number of rotatable bonds is 14. The highest BCUT2D eigenvalue weighted by Crippen LogP contribution is 2.43. The molecule has 55 heavy (non-hydrogen) atoms. The standard InChI is InChI=1S/C48H54N4O2S/c1-34-15-32-45(44(33-34)46(36-16-24-40(25-17-36)49(2)3)37-18-26-41(27-19-37)50(4)5)55(53)54-48(39-22-30-43(31-23-39)52(8)9)47(35-13-11-10-12-14-35)38-20-28-42(29-21-38)51(6)7/h10-33,46-48H,1-9H3. The van der Waals surface area contributed by atoms with Crippen LogP contribution in [0.2, 0.25) is 0 Å². The Morgan fingerprint density at radius 3 is 1.25 bits per heavy atom. The first kappa shape index (κ1) is 39.3. The lowest BCUT2D eigenvalue weighted by Crippen LogP contribution is -2.19. The van der Waals surface area contributed by atoms with E-state index in [0.29, 0.717) is 4.90 Å². The molecule has 0 bridgehead atoms. The molecule has 0 aliphatic rings. The monoisotopic (exact) mass is 750 g/mol. The molecule has 6 aromatic rings. The first-order chi connectivity index (χ1) is 26.4. The zero-order valence-electron chi connectivity index (χ0n) is 33.6. The largest absolute Gasteiger partial charge is 0.378 e.